The largest absolute Gasteiger partial charge is 0.300 e. The number of pyridine rings is 2. The number of hydrogen-bond donors (Lipinski definition) is 0. The van der Waals surface area contributed by atoms with Gasteiger partial charge in [-0.2, -0.15) is 0 Å². The zero-order valence-corrected chi connectivity index (χ0v) is 36.3. The summed E-state index contributed by atoms with van der Waals surface area (Å²) in [5.41, 5.74) is 4.21. The van der Waals surface area contributed by atoms with E-state index in [1.165, 1.54) is 46.7 Å². The van der Waals surface area contributed by atoms with E-state index in [1.807, 2.05) is 103 Å². The minimum atomic E-state index is -3.78. The average molecular weight is 863 g/mol. The van der Waals surface area contributed by atoms with Crippen molar-refractivity contribution in [2.45, 2.75) is 85.1 Å². The van der Waals surface area contributed by atoms with Crippen LogP contribution in [0.1, 0.15) is 74.3 Å². The van der Waals surface area contributed by atoms with Crippen LogP contribution in [0.25, 0.3) is 43.6 Å². The Morgan fingerprint density at radius 2 is 1.15 bits per heavy atom. The lowest BCUT2D eigenvalue weighted by Crippen LogP contribution is -2.37. The summed E-state index contributed by atoms with van der Waals surface area (Å²) in [5, 5.41) is 4.57. The van der Waals surface area contributed by atoms with Gasteiger partial charge < -0.3 is 9.80 Å². The third-order valence-corrected chi connectivity index (χ3v) is 17.6. The van der Waals surface area contributed by atoms with Crippen molar-refractivity contribution in [3.8, 4) is 0 Å². The highest BCUT2D eigenvalue weighted by Gasteiger charge is 2.36. The van der Waals surface area contributed by atoms with Crippen LogP contribution in [0.15, 0.2) is 144 Å². The lowest BCUT2D eigenvalue weighted by Gasteiger charge is -2.34. The molecular formula is C50H50N6O4S2. The molecule has 10 nitrogen and oxygen atoms in total. The first-order chi connectivity index (χ1) is 30.2. The summed E-state index contributed by atoms with van der Waals surface area (Å²) in [6, 6.07) is 35.1. The molecule has 8 aromatic rings. The van der Waals surface area contributed by atoms with E-state index in [1.54, 1.807) is 30.6 Å². The van der Waals surface area contributed by atoms with E-state index in [4.69, 9.17) is 0 Å². The molecule has 0 bridgehead atoms. The fourth-order valence-corrected chi connectivity index (χ4v) is 14.1. The fourth-order valence-electron chi connectivity index (χ4n) is 11.1. The van der Waals surface area contributed by atoms with E-state index in [9.17, 15) is 16.8 Å². The van der Waals surface area contributed by atoms with Crippen LogP contribution in [0.2, 0.25) is 0 Å². The predicted molar refractivity (Wildman–Crippen MR) is 246 cm³/mol. The molecule has 316 valence electrons. The number of rotatable bonds is 6. The number of piperidine rings is 2. The van der Waals surface area contributed by atoms with Gasteiger partial charge in [-0.3, -0.25) is 4.98 Å². The summed E-state index contributed by atoms with van der Waals surface area (Å²) < 4.78 is 58.0. The molecule has 4 aliphatic heterocycles. The van der Waals surface area contributed by atoms with Gasteiger partial charge >= 0.3 is 0 Å². The molecule has 62 heavy (non-hydrogen) atoms. The zero-order valence-electron chi connectivity index (χ0n) is 34.6. The third-order valence-electron chi connectivity index (χ3n) is 14.2. The van der Waals surface area contributed by atoms with Crippen LogP contribution in [-0.2, 0) is 20.0 Å². The van der Waals surface area contributed by atoms with Gasteiger partial charge in [-0.25, -0.2) is 29.8 Å². The maximum absolute atomic E-state index is 13.9. The van der Waals surface area contributed by atoms with Crippen molar-refractivity contribution < 1.29 is 16.8 Å². The highest BCUT2D eigenvalue weighted by atomic mass is 32.2. The van der Waals surface area contributed by atoms with Crippen molar-refractivity contribution in [1.82, 2.24) is 27.7 Å². The Bertz CT molecular complexity index is 3200. The molecule has 0 N–H and O–H groups in total. The Morgan fingerprint density at radius 1 is 0.516 bits per heavy atom. The normalized spacial score (nSPS) is 22.2. The molecule has 4 unspecified atom stereocenters. The van der Waals surface area contributed by atoms with E-state index in [0.29, 0.717) is 44.9 Å². The Balaban J connectivity index is 0.000000139. The molecule has 8 heterocycles. The van der Waals surface area contributed by atoms with Gasteiger partial charge in [0, 0.05) is 53.2 Å². The van der Waals surface area contributed by atoms with Crippen molar-refractivity contribution in [3.05, 3.63) is 145 Å². The zero-order chi connectivity index (χ0) is 42.0. The number of nitrogens with zero attached hydrogens (tertiary/aromatic N) is 6. The Labute approximate surface area is 362 Å². The van der Waals surface area contributed by atoms with Gasteiger partial charge in [-0.05, 0) is 154 Å². The maximum Gasteiger partial charge on any atom is 0.269 e. The molecule has 0 radical (unpaired) electrons. The predicted octanol–water partition coefficient (Wildman–Crippen LogP) is 9.54. The summed E-state index contributed by atoms with van der Waals surface area (Å²) in [7, 11) is -7.51. The van der Waals surface area contributed by atoms with Crippen LogP contribution in [0.3, 0.4) is 0 Å². The van der Waals surface area contributed by atoms with Crippen LogP contribution >= 0.6 is 0 Å². The van der Waals surface area contributed by atoms with Gasteiger partial charge in [-0.1, -0.05) is 66.7 Å². The van der Waals surface area contributed by atoms with Gasteiger partial charge in [0.25, 0.3) is 20.0 Å². The molecule has 12 heteroatoms. The van der Waals surface area contributed by atoms with Crippen LogP contribution in [0, 0.1) is 0 Å². The summed E-state index contributed by atoms with van der Waals surface area (Å²) >= 11 is 0. The second-order valence-electron chi connectivity index (χ2n) is 17.6. The van der Waals surface area contributed by atoms with Crippen LogP contribution < -0.4 is 0 Å². The average Bonchev–Trinajstić information content (AvgIpc) is 4.14. The second kappa shape index (κ2) is 15.7. The summed E-state index contributed by atoms with van der Waals surface area (Å²) in [6.45, 7) is 4.59. The van der Waals surface area contributed by atoms with Crippen LogP contribution in [0.5, 0.6) is 0 Å². The van der Waals surface area contributed by atoms with Crippen molar-refractivity contribution in [2.75, 3.05) is 26.2 Å². The molecular weight excluding hydrogens is 813 g/mol. The Kier molecular flexibility index (Phi) is 10.0. The van der Waals surface area contributed by atoms with E-state index in [2.05, 4.69) is 19.8 Å². The van der Waals surface area contributed by atoms with E-state index in [0.717, 1.165) is 82.3 Å². The number of aromatic nitrogens is 4. The summed E-state index contributed by atoms with van der Waals surface area (Å²) in [5.74, 6) is 0.722. The molecule has 4 aliphatic rings. The molecule has 0 spiro atoms. The number of fused-ring (bicyclic) bond motifs is 6. The van der Waals surface area contributed by atoms with E-state index >= 15 is 0 Å². The molecule has 0 saturated carbocycles. The maximum atomic E-state index is 13.9. The van der Waals surface area contributed by atoms with Crippen molar-refractivity contribution in [1.29, 1.82) is 0 Å². The van der Waals surface area contributed by atoms with E-state index < -0.39 is 20.0 Å². The molecule has 0 amide bonds. The first kappa shape index (κ1) is 39.4. The highest BCUT2D eigenvalue weighted by Crippen LogP contribution is 2.42. The molecule has 4 atom stereocenters. The Morgan fingerprint density at radius 3 is 1.92 bits per heavy atom. The molecule has 0 aliphatic carbocycles. The van der Waals surface area contributed by atoms with Gasteiger partial charge in [0.2, 0.25) is 0 Å². The fraction of sp³-hybridized carbons (Fsp3) is 0.320. The van der Waals surface area contributed by atoms with E-state index in [-0.39, 0.29) is 0 Å². The lowest BCUT2D eigenvalue weighted by atomic mass is 9.85. The number of benzene rings is 4. The topological polar surface area (TPSA) is 110 Å². The van der Waals surface area contributed by atoms with Gasteiger partial charge in [0.15, 0.2) is 5.65 Å². The second-order valence-corrected chi connectivity index (χ2v) is 21.2. The first-order valence-corrected chi connectivity index (χ1v) is 25.0. The number of hydrogen-bond acceptors (Lipinski definition) is 8. The van der Waals surface area contributed by atoms with Crippen molar-refractivity contribution in [2.24, 2.45) is 0 Å². The van der Waals surface area contributed by atoms with Crippen molar-refractivity contribution >= 4 is 63.7 Å². The molecule has 4 aromatic carbocycles. The third kappa shape index (κ3) is 6.83. The van der Waals surface area contributed by atoms with Gasteiger partial charge in [0.1, 0.15) is 0 Å². The summed E-state index contributed by atoms with van der Waals surface area (Å²) in [4.78, 5) is 15.0. The quantitative estimate of drug-likeness (QED) is 0.163. The molecule has 12 rings (SSSR count). The highest BCUT2D eigenvalue weighted by molar-refractivity contribution is 7.90. The summed E-state index contributed by atoms with van der Waals surface area (Å²) in [6.07, 6.45) is 16.5. The molecule has 4 aromatic heterocycles. The van der Waals surface area contributed by atoms with Gasteiger partial charge in [-0.15, -0.1) is 0 Å². The van der Waals surface area contributed by atoms with Crippen LogP contribution in [0.4, 0.5) is 0 Å². The lowest BCUT2D eigenvalue weighted by molar-refractivity contribution is 0.181. The smallest absolute Gasteiger partial charge is 0.269 e. The Hall–Kier alpha value is -5.40. The first-order valence-electron chi connectivity index (χ1n) is 22.1. The molecule has 4 fully saturated rings. The monoisotopic (exact) mass is 862 g/mol. The minimum absolute atomic E-state index is 0.309. The minimum Gasteiger partial charge on any atom is -0.300 e. The van der Waals surface area contributed by atoms with Crippen molar-refractivity contribution in [3.63, 3.8) is 0 Å². The van der Waals surface area contributed by atoms with Gasteiger partial charge in [0.05, 0.1) is 20.8 Å². The standard InChI is InChI=1S/2C25H25N3O2S/c29-31(30,24-11-3-7-18-6-1-2-9-21(18)24)28-17-23(22-10-4-13-26-25(22)28)19-12-15-27-14-5-8-20(27)16-19;29-31(30,22-10-9-18-5-1-2-6-19(18)16-22)28-17-23(25-24(28)8-3-12-26-25)20-11-14-27-13-4-7-21(27)15-20/h1-4,6-7,9-11,13,17,19-20H,5,8,12,14-16H2;1-3,5-6,8-10,12,16-17,20-21H,4,7,11,13-15H2. The SMILES string of the molecule is O=S(=O)(c1ccc2ccccc2c1)n1cc(C2CCN3CCCC3C2)c2ncccc21.O=S(=O)(c1cccc2ccccc12)n1cc(C2CCN3CCCC3C2)c2cccnc21. The molecule has 4 saturated heterocycles. The van der Waals surface area contributed by atoms with Crippen LogP contribution in [-0.4, -0.2) is 82.8 Å².